The molecule has 0 aliphatic rings. The molecule has 414 valence electrons. The molecule has 0 spiro atoms. The molecule has 0 saturated carbocycles. The summed E-state index contributed by atoms with van der Waals surface area (Å²) in [7, 11) is 0. The van der Waals surface area contributed by atoms with Gasteiger partial charge in [-0.25, -0.2) is 0 Å². The van der Waals surface area contributed by atoms with Crippen molar-refractivity contribution in [3.05, 3.63) is 24.3 Å². The molecule has 0 aromatic rings. The van der Waals surface area contributed by atoms with Gasteiger partial charge in [-0.2, -0.15) is 0 Å². The highest BCUT2D eigenvalue weighted by molar-refractivity contribution is 5.76. The third-order valence-electron chi connectivity index (χ3n) is 14.8. The standard InChI is InChI=1S/C64H123NO5/c1-3-5-7-9-11-13-15-17-19-21-23-24-25-26-27-28-30-31-33-35-37-40-44-48-52-56-62(67)61(60-66)65-63(68)57-53-49-45-41-39-43-47-51-55-59-70-64(69)58-54-50-46-42-38-36-34-32-29-22-20-18-16-14-12-10-8-6-4-2/h12,14,18,20,61-62,66-67H,3-11,13,15-17,19,21-60H2,1-2H3,(H,65,68)/b14-12-,20-18-. The summed E-state index contributed by atoms with van der Waals surface area (Å²) in [5.41, 5.74) is 0. The van der Waals surface area contributed by atoms with Gasteiger partial charge in [0.1, 0.15) is 0 Å². The number of allylic oxidation sites excluding steroid dienone is 4. The average molecular weight is 987 g/mol. The van der Waals surface area contributed by atoms with Crippen LogP contribution in [0.25, 0.3) is 0 Å². The van der Waals surface area contributed by atoms with Crippen molar-refractivity contribution in [1.82, 2.24) is 5.32 Å². The lowest BCUT2D eigenvalue weighted by Crippen LogP contribution is -2.45. The van der Waals surface area contributed by atoms with Gasteiger partial charge in [-0.15, -0.1) is 0 Å². The fraction of sp³-hybridized carbons (Fsp3) is 0.906. The zero-order valence-corrected chi connectivity index (χ0v) is 47.3. The van der Waals surface area contributed by atoms with Gasteiger partial charge in [0.2, 0.25) is 5.91 Å². The van der Waals surface area contributed by atoms with Crippen LogP contribution in [0.4, 0.5) is 0 Å². The summed E-state index contributed by atoms with van der Waals surface area (Å²) in [6.07, 6.45) is 73.3. The van der Waals surface area contributed by atoms with Gasteiger partial charge in [-0.1, -0.05) is 301 Å². The molecular formula is C64H123NO5. The lowest BCUT2D eigenvalue weighted by atomic mass is 10.0. The van der Waals surface area contributed by atoms with E-state index in [0.717, 1.165) is 64.2 Å². The Morgan fingerprint density at radius 2 is 0.714 bits per heavy atom. The first-order valence-electron chi connectivity index (χ1n) is 31.6. The highest BCUT2D eigenvalue weighted by Gasteiger charge is 2.20. The maximum atomic E-state index is 12.5. The van der Waals surface area contributed by atoms with Crippen LogP contribution in [0.5, 0.6) is 0 Å². The summed E-state index contributed by atoms with van der Waals surface area (Å²) >= 11 is 0. The van der Waals surface area contributed by atoms with E-state index in [-0.39, 0.29) is 18.5 Å². The van der Waals surface area contributed by atoms with Gasteiger partial charge in [0.25, 0.3) is 0 Å². The summed E-state index contributed by atoms with van der Waals surface area (Å²) in [5.74, 6) is -0.0861. The smallest absolute Gasteiger partial charge is 0.305 e. The van der Waals surface area contributed by atoms with Crippen molar-refractivity contribution in [2.45, 2.75) is 360 Å². The number of unbranched alkanes of at least 4 members (excludes halogenated alkanes) is 44. The minimum atomic E-state index is -0.684. The topological polar surface area (TPSA) is 95.9 Å². The molecule has 0 radical (unpaired) electrons. The first kappa shape index (κ1) is 68.3. The van der Waals surface area contributed by atoms with Crippen molar-refractivity contribution >= 4 is 11.9 Å². The number of carbonyl (C=O) groups excluding carboxylic acids is 2. The van der Waals surface area contributed by atoms with Gasteiger partial charge in [-0.05, 0) is 57.8 Å². The van der Waals surface area contributed by atoms with E-state index in [0.29, 0.717) is 25.9 Å². The van der Waals surface area contributed by atoms with Gasteiger partial charge >= 0.3 is 5.97 Å². The predicted octanol–water partition coefficient (Wildman–Crippen LogP) is 19.8. The molecule has 0 rings (SSSR count). The van der Waals surface area contributed by atoms with Crippen LogP contribution in [0, 0.1) is 0 Å². The van der Waals surface area contributed by atoms with Crippen LogP contribution in [0.15, 0.2) is 24.3 Å². The molecule has 6 nitrogen and oxygen atoms in total. The van der Waals surface area contributed by atoms with E-state index in [1.165, 1.54) is 250 Å². The van der Waals surface area contributed by atoms with Crippen LogP contribution >= 0.6 is 0 Å². The van der Waals surface area contributed by atoms with Crippen molar-refractivity contribution in [3.8, 4) is 0 Å². The van der Waals surface area contributed by atoms with Crippen LogP contribution in [0.1, 0.15) is 348 Å². The molecule has 0 saturated heterocycles. The van der Waals surface area contributed by atoms with Crippen molar-refractivity contribution in [2.24, 2.45) is 0 Å². The Hall–Kier alpha value is -1.66. The molecule has 6 heteroatoms. The second kappa shape index (κ2) is 59.9. The summed E-state index contributed by atoms with van der Waals surface area (Å²) in [4.78, 5) is 24.6. The molecule has 3 N–H and O–H groups in total. The third-order valence-corrected chi connectivity index (χ3v) is 14.8. The number of aliphatic hydroxyl groups excluding tert-OH is 2. The van der Waals surface area contributed by atoms with Crippen molar-refractivity contribution < 1.29 is 24.5 Å². The Morgan fingerprint density at radius 1 is 0.400 bits per heavy atom. The Bertz CT molecular complexity index is 1090. The highest BCUT2D eigenvalue weighted by atomic mass is 16.5. The van der Waals surface area contributed by atoms with Crippen molar-refractivity contribution in [3.63, 3.8) is 0 Å². The summed E-state index contributed by atoms with van der Waals surface area (Å²) < 4.78 is 5.48. The monoisotopic (exact) mass is 986 g/mol. The lowest BCUT2D eigenvalue weighted by Gasteiger charge is -2.22. The Morgan fingerprint density at radius 3 is 1.11 bits per heavy atom. The molecule has 0 aromatic carbocycles. The first-order valence-corrected chi connectivity index (χ1v) is 31.6. The Kier molecular flexibility index (Phi) is 58.5. The van der Waals surface area contributed by atoms with E-state index in [9.17, 15) is 19.8 Å². The SMILES string of the molecule is CCCCC/C=C\C/C=C\CCCCCCCCCCCC(=O)OCCCCCCCCCCCC(=O)NC(CO)C(O)CCCCCCCCCCCCCCCCCCCCCCCCCCC. The van der Waals surface area contributed by atoms with Gasteiger partial charge in [0.05, 0.1) is 25.4 Å². The number of esters is 1. The van der Waals surface area contributed by atoms with Crippen LogP contribution in [0.3, 0.4) is 0 Å². The number of nitrogens with one attached hydrogen (secondary N) is 1. The van der Waals surface area contributed by atoms with E-state index < -0.39 is 12.1 Å². The van der Waals surface area contributed by atoms with Crippen LogP contribution < -0.4 is 5.32 Å². The van der Waals surface area contributed by atoms with Crippen molar-refractivity contribution in [2.75, 3.05) is 13.2 Å². The third kappa shape index (κ3) is 55.7. The van der Waals surface area contributed by atoms with Gasteiger partial charge < -0.3 is 20.3 Å². The number of ether oxygens (including phenoxy) is 1. The molecular weight excluding hydrogens is 863 g/mol. The molecule has 0 bridgehead atoms. The van der Waals surface area contributed by atoms with E-state index >= 15 is 0 Å². The number of aliphatic hydroxyl groups is 2. The maximum Gasteiger partial charge on any atom is 0.305 e. The van der Waals surface area contributed by atoms with E-state index in [1.54, 1.807) is 0 Å². The fourth-order valence-electron chi connectivity index (χ4n) is 9.91. The Balaban J connectivity index is 3.45. The quantitative estimate of drug-likeness (QED) is 0.0321. The van der Waals surface area contributed by atoms with Gasteiger partial charge in [-0.3, -0.25) is 9.59 Å². The lowest BCUT2D eigenvalue weighted by molar-refractivity contribution is -0.143. The first-order chi connectivity index (χ1) is 34.5. The summed E-state index contributed by atoms with van der Waals surface area (Å²) in [6.45, 7) is 4.89. The van der Waals surface area contributed by atoms with Crippen molar-refractivity contribution in [1.29, 1.82) is 0 Å². The summed E-state index contributed by atoms with van der Waals surface area (Å²) in [6, 6.07) is -0.564. The second-order valence-electron chi connectivity index (χ2n) is 21.7. The molecule has 0 heterocycles. The predicted molar refractivity (Wildman–Crippen MR) is 306 cm³/mol. The van der Waals surface area contributed by atoms with E-state index in [2.05, 4.69) is 43.5 Å². The second-order valence-corrected chi connectivity index (χ2v) is 21.7. The molecule has 0 aliphatic heterocycles. The highest BCUT2D eigenvalue weighted by Crippen LogP contribution is 2.18. The van der Waals surface area contributed by atoms with Crippen LogP contribution in [-0.4, -0.2) is 47.4 Å². The largest absolute Gasteiger partial charge is 0.466 e. The molecule has 1 amide bonds. The molecule has 0 aromatic heterocycles. The van der Waals surface area contributed by atoms with Crippen LogP contribution in [0.2, 0.25) is 0 Å². The summed E-state index contributed by atoms with van der Waals surface area (Å²) in [5, 5.41) is 23.4. The number of hydrogen-bond acceptors (Lipinski definition) is 5. The zero-order chi connectivity index (χ0) is 50.7. The normalized spacial score (nSPS) is 12.7. The molecule has 2 unspecified atom stereocenters. The number of hydrogen-bond donors (Lipinski definition) is 3. The minimum Gasteiger partial charge on any atom is -0.466 e. The van der Waals surface area contributed by atoms with E-state index in [4.69, 9.17) is 4.74 Å². The average Bonchev–Trinajstić information content (AvgIpc) is 3.36. The zero-order valence-electron chi connectivity index (χ0n) is 47.3. The van der Waals surface area contributed by atoms with Gasteiger partial charge in [0.15, 0.2) is 0 Å². The fourth-order valence-corrected chi connectivity index (χ4v) is 9.91. The Labute approximate surface area is 437 Å². The molecule has 0 aliphatic carbocycles. The van der Waals surface area contributed by atoms with Crippen LogP contribution in [-0.2, 0) is 14.3 Å². The molecule has 0 fully saturated rings. The minimum absolute atomic E-state index is 0.0273. The maximum absolute atomic E-state index is 12.5. The number of carbonyl (C=O) groups is 2. The van der Waals surface area contributed by atoms with E-state index in [1.807, 2.05) is 0 Å². The molecule has 70 heavy (non-hydrogen) atoms. The number of amides is 1. The molecule has 2 atom stereocenters. The number of rotatable bonds is 59. The van der Waals surface area contributed by atoms with Gasteiger partial charge in [0, 0.05) is 12.8 Å².